The third-order valence-electron chi connectivity index (χ3n) is 3.49. The van der Waals surface area contributed by atoms with Crippen LogP contribution in [0.15, 0.2) is 121 Å². The Balaban J connectivity index is -0.000000183. The summed E-state index contributed by atoms with van der Waals surface area (Å²) in [6.07, 6.45) is 0. The fourth-order valence-electron chi connectivity index (χ4n) is 1.98. The summed E-state index contributed by atoms with van der Waals surface area (Å²) >= 11 is 0. The molecule has 184 valence electrons. The third kappa shape index (κ3) is 17.9. The zero-order valence-corrected chi connectivity index (χ0v) is 18.6. The zero-order valence-electron chi connectivity index (χ0n) is 18.6. The molecule has 0 atom stereocenters. The van der Waals surface area contributed by atoms with Crippen molar-refractivity contribution >= 4 is 22.7 Å². The maximum absolute atomic E-state index is 8.16. The molecule has 0 aliphatic carbocycles. The highest BCUT2D eigenvalue weighted by Crippen LogP contribution is 2.09. The molecule has 0 N–H and O–H groups in total. The number of benzene rings is 4. The van der Waals surface area contributed by atoms with Gasteiger partial charge in [-0.15, -0.1) is 0 Å². The second-order valence-electron chi connectivity index (χ2n) is 5.74. The van der Waals surface area contributed by atoms with Crippen LogP contribution in [0, 0.1) is 21.6 Å². The summed E-state index contributed by atoms with van der Waals surface area (Å²) in [5, 5.41) is 32.7. The molecule has 8 nitrogen and oxygen atoms in total. The molecule has 0 spiro atoms. The SMILES string of the molecule is N#[N+]c1ccccc1.N#[N+]c1ccccc1.N#[N+]c1ccccc1.N#[N+]c1ccccc1.[F-].[F-].[F-].[F-]. The summed E-state index contributed by atoms with van der Waals surface area (Å²) < 4.78 is 0. The van der Waals surface area contributed by atoms with Crippen LogP contribution in [0.3, 0.4) is 0 Å². The Kier molecular flexibility index (Phi) is 26.7. The number of hydrogen-bond acceptors (Lipinski definition) is 4. The highest BCUT2D eigenvalue weighted by molar-refractivity contribution is 5.43. The van der Waals surface area contributed by atoms with E-state index in [2.05, 4.69) is 19.9 Å². The maximum Gasteiger partial charge on any atom is 0.385 e. The van der Waals surface area contributed by atoms with E-state index in [1.165, 1.54) is 0 Å². The fraction of sp³-hybridized carbons (Fsp3) is 0. The number of halogens is 4. The van der Waals surface area contributed by atoms with E-state index in [0.717, 1.165) is 0 Å². The molecule has 0 unspecified atom stereocenters. The summed E-state index contributed by atoms with van der Waals surface area (Å²) in [6, 6.07) is 35.8. The van der Waals surface area contributed by atoms with Crippen molar-refractivity contribution in [2.24, 2.45) is 0 Å². The van der Waals surface area contributed by atoms with Gasteiger partial charge < -0.3 is 18.8 Å². The molecule has 12 heteroatoms. The van der Waals surface area contributed by atoms with Crippen LogP contribution >= 0.6 is 0 Å². The van der Waals surface area contributed by atoms with E-state index in [1.807, 2.05) is 72.8 Å². The van der Waals surface area contributed by atoms with Gasteiger partial charge in [0.2, 0.25) is 21.6 Å². The Hall–Kier alpha value is -5.72. The van der Waals surface area contributed by atoms with E-state index < -0.39 is 0 Å². The summed E-state index contributed by atoms with van der Waals surface area (Å²) in [4.78, 5) is 11.9. The molecule has 0 aromatic heterocycles. The van der Waals surface area contributed by atoms with Crippen molar-refractivity contribution in [2.45, 2.75) is 0 Å². The van der Waals surface area contributed by atoms with Crippen LogP contribution in [0.25, 0.3) is 19.9 Å². The first kappa shape index (κ1) is 37.6. The van der Waals surface area contributed by atoms with Gasteiger partial charge >= 0.3 is 22.7 Å². The van der Waals surface area contributed by atoms with Gasteiger partial charge in [0.05, 0.1) is 0 Å². The summed E-state index contributed by atoms with van der Waals surface area (Å²) in [7, 11) is 0. The summed E-state index contributed by atoms with van der Waals surface area (Å²) in [5.74, 6) is 0. The van der Waals surface area contributed by atoms with Gasteiger partial charge in [0.1, 0.15) is 0 Å². The minimum absolute atomic E-state index is 0. The van der Waals surface area contributed by atoms with Crippen molar-refractivity contribution in [1.82, 2.24) is 0 Å². The van der Waals surface area contributed by atoms with Crippen LogP contribution in [-0.2, 0) is 0 Å². The normalized spacial score (nSPS) is 7.00. The highest BCUT2D eigenvalue weighted by Gasteiger charge is 1.97. The molecule has 0 aliphatic heterocycles. The van der Waals surface area contributed by atoms with Crippen molar-refractivity contribution in [3.8, 4) is 0 Å². The van der Waals surface area contributed by atoms with E-state index in [1.54, 1.807) is 48.5 Å². The number of hydrogen-bond donors (Lipinski definition) is 0. The molecule has 4 aromatic carbocycles. The van der Waals surface area contributed by atoms with Gasteiger partial charge in [-0.1, -0.05) is 72.8 Å². The van der Waals surface area contributed by atoms with Gasteiger partial charge in [-0.2, -0.15) is 0 Å². The molecule has 36 heavy (non-hydrogen) atoms. The lowest BCUT2D eigenvalue weighted by Crippen LogP contribution is -3.00. The monoisotopic (exact) mass is 496 g/mol. The Morgan fingerprint density at radius 3 is 0.500 bits per heavy atom. The molecule has 0 aliphatic rings. The van der Waals surface area contributed by atoms with Crippen LogP contribution in [0.5, 0.6) is 0 Å². The second kappa shape index (κ2) is 25.5. The van der Waals surface area contributed by atoms with E-state index in [4.69, 9.17) is 21.6 Å². The lowest BCUT2D eigenvalue weighted by molar-refractivity contribution is -0.00100. The quantitative estimate of drug-likeness (QED) is 0.188. The average molecular weight is 496 g/mol. The largest absolute Gasteiger partial charge is 1.00 e. The molecule has 0 bridgehead atoms. The maximum atomic E-state index is 8.16. The number of diazo groups is 4. The third-order valence-corrected chi connectivity index (χ3v) is 3.49. The first-order valence-corrected chi connectivity index (χ1v) is 9.34. The second-order valence-corrected chi connectivity index (χ2v) is 5.74. The Labute approximate surface area is 204 Å². The van der Waals surface area contributed by atoms with Gasteiger partial charge in [0, 0.05) is 48.5 Å². The van der Waals surface area contributed by atoms with Crippen LogP contribution in [0.4, 0.5) is 22.7 Å². The Morgan fingerprint density at radius 2 is 0.417 bits per heavy atom. The van der Waals surface area contributed by atoms with Gasteiger partial charge in [-0.05, 0) is 0 Å². The molecular formula is C24H20F4N8. The van der Waals surface area contributed by atoms with Crippen molar-refractivity contribution < 1.29 is 18.8 Å². The standard InChI is InChI=1S/4C6H5N2.4FH/c4*7-8-6-4-2-1-3-5-6;;;;/h4*1-5H;4*1H/q4*+1;;;;/p-4. The predicted molar refractivity (Wildman–Crippen MR) is 125 cm³/mol. The van der Waals surface area contributed by atoms with Crippen LogP contribution in [-0.4, -0.2) is 0 Å². The van der Waals surface area contributed by atoms with E-state index >= 15 is 0 Å². The van der Waals surface area contributed by atoms with Gasteiger partial charge in [-0.3, -0.25) is 0 Å². The first-order valence-electron chi connectivity index (χ1n) is 9.34. The number of rotatable bonds is 0. The average Bonchev–Trinajstić information content (AvgIpc) is 2.91. The van der Waals surface area contributed by atoms with Gasteiger partial charge in [0.15, 0.2) is 19.9 Å². The Morgan fingerprint density at radius 1 is 0.278 bits per heavy atom. The molecule has 4 rings (SSSR count). The lowest BCUT2D eigenvalue weighted by Gasteiger charge is -1.69. The minimum atomic E-state index is 0. The number of nitrogens with zero attached hydrogens (tertiary/aromatic N) is 8. The minimum Gasteiger partial charge on any atom is -1.00 e. The molecule has 0 saturated heterocycles. The van der Waals surface area contributed by atoms with Crippen molar-refractivity contribution in [1.29, 1.82) is 21.6 Å². The molecular weight excluding hydrogens is 476 g/mol. The van der Waals surface area contributed by atoms with Gasteiger partial charge in [-0.25, -0.2) is 0 Å². The van der Waals surface area contributed by atoms with Crippen LogP contribution in [0.1, 0.15) is 0 Å². The zero-order chi connectivity index (χ0) is 23.3. The molecule has 0 fully saturated rings. The van der Waals surface area contributed by atoms with Crippen molar-refractivity contribution in [3.63, 3.8) is 0 Å². The lowest BCUT2D eigenvalue weighted by atomic mass is 10.3. The van der Waals surface area contributed by atoms with Crippen LogP contribution < -0.4 is 18.8 Å². The molecule has 0 saturated carbocycles. The summed E-state index contributed by atoms with van der Waals surface area (Å²) in [5.41, 5.74) is 2.36. The van der Waals surface area contributed by atoms with Crippen molar-refractivity contribution in [2.75, 3.05) is 0 Å². The van der Waals surface area contributed by atoms with Crippen molar-refractivity contribution in [3.05, 3.63) is 141 Å². The molecule has 0 radical (unpaired) electrons. The fourth-order valence-corrected chi connectivity index (χ4v) is 1.98. The van der Waals surface area contributed by atoms with E-state index in [0.29, 0.717) is 22.7 Å². The molecule has 0 heterocycles. The molecule has 4 aromatic rings. The summed E-state index contributed by atoms with van der Waals surface area (Å²) in [6.45, 7) is 0. The predicted octanol–water partition coefficient (Wildman–Crippen LogP) is -3.30. The highest BCUT2D eigenvalue weighted by atomic mass is 19.0. The van der Waals surface area contributed by atoms with Gasteiger partial charge in [0.25, 0.3) is 0 Å². The van der Waals surface area contributed by atoms with E-state index in [9.17, 15) is 0 Å². The topological polar surface area (TPSA) is 113 Å². The smallest absolute Gasteiger partial charge is 0.385 e. The van der Waals surface area contributed by atoms with Crippen LogP contribution in [0.2, 0.25) is 0 Å². The van der Waals surface area contributed by atoms with E-state index in [-0.39, 0.29) is 18.8 Å². The first-order chi connectivity index (χ1) is 15.7. The Bertz CT molecular complexity index is 1010. The molecule has 0 amide bonds.